The van der Waals surface area contributed by atoms with E-state index >= 15 is 0 Å². The molecule has 0 heterocycles. The van der Waals surface area contributed by atoms with E-state index in [4.69, 9.17) is 0 Å². The van der Waals surface area contributed by atoms with E-state index in [2.05, 4.69) is 6.92 Å². The molecule has 0 saturated heterocycles. The highest BCUT2D eigenvalue weighted by Gasteiger charge is 2.14. The van der Waals surface area contributed by atoms with E-state index in [1.54, 1.807) is 0 Å². The lowest BCUT2D eigenvalue weighted by Gasteiger charge is -2.17. The third-order valence-electron chi connectivity index (χ3n) is 2.00. The van der Waals surface area contributed by atoms with Gasteiger partial charge < -0.3 is 0 Å². The van der Waals surface area contributed by atoms with Crippen LogP contribution in [0, 0.1) is 5.92 Å². The summed E-state index contributed by atoms with van der Waals surface area (Å²) in [6.07, 6.45) is 2.80. The summed E-state index contributed by atoms with van der Waals surface area (Å²) in [7, 11) is 0. The first-order chi connectivity index (χ1) is 4.20. The Morgan fingerprint density at radius 1 is 1.50 bits per heavy atom. The molecule has 1 aliphatic carbocycles. The van der Waals surface area contributed by atoms with E-state index in [0.29, 0.717) is 12.3 Å². The van der Waals surface area contributed by atoms with Crippen LogP contribution in [-0.2, 0) is 0 Å². The van der Waals surface area contributed by atoms with Crippen molar-refractivity contribution in [1.82, 2.24) is 0 Å². The summed E-state index contributed by atoms with van der Waals surface area (Å²) >= 11 is 0. The smallest absolute Gasteiger partial charge is 0.0991 e. The van der Waals surface area contributed by atoms with E-state index in [9.17, 15) is 4.39 Å². The minimum absolute atomic E-state index is 0. The fourth-order valence-corrected chi connectivity index (χ4v) is 1.18. The maximum absolute atomic E-state index is 12.7. The second kappa shape index (κ2) is 3.75. The maximum Gasteiger partial charge on any atom is 0.0991 e. The molecule has 0 nitrogen and oxygen atoms in total. The number of rotatable bonds is 0. The number of hydrogen-bond acceptors (Lipinski definition) is 0. The van der Waals surface area contributed by atoms with E-state index in [1.165, 1.54) is 6.42 Å². The van der Waals surface area contributed by atoms with Crippen molar-refractivity contribution in [3.05, 3.63) is 11.4 Å². The van der Waals surface area contributed by atoms with Crippen molar-refractivity contribution in [2.45, 2.75) is 40.5 Å². The van der Waals surface area contributed by atoms with E-state index in [1.807, 2.05) is 6.92 Å². The van der Waals surface area contributed by atoms with Gasteiger partial charge in [0.15, 0.2) is 0 Å². The zero-order chi connectivity index (χ0) is 6.85. The van der Waals surface area contributed by atoms with Gasteiger partial charge in [-0.25, -0.2) is 4.39 Å². The van der Waals surface area contributed by atoms with Crippen molar-refractivity contribution in [2.24, 2.45) is 5.92 Å². The Hall–Kier alpha value is -0.330. The van der Waals surface area contributed by atoms with Gasteiger partial charge in [-0.3, -0.25) is 0 Å². The molecule has 0 aromatic carbocycles. The van der Waals surface area contributed by atoms with Crippen LogP contribution in [0.5, 0.6) is 0 Å². The van der Waals surface area contributed by atoms with Crippen LogP contribution < -0.4 is 0 Å². The summed E-state index contributed by atoms with van der Waals surface area (Å²) in [6.45, 7) is 3.99. The molecule has 1 unspecified atom stereocenters. The zero-order valence-corrected chi connectivity index (χ0v) is 6.08. The van der Waals surface area contributed by atoms with Crippen LogP contribution >= 0.6 is 0 Å². The second-order valence-electron chi connectivity index (χ2n) is 3.03. The molecule has 0 N–H and O–H groups in total. The Balaban J connectivity index is 0.000000810. The van der Waals surface area contributed by atoms with E-state index in [-0.39, 0.29) is 13.3 Å². The molecular formula is C9H17F. The molecule has 60 valence electrons. The molecule has 0 radical (unpaired) electrons. The van der Waals surface area contributed by atoms with Gasteiger partial charge in [-0.2, -0.15) is 0 Å². The summed E-state index contributed by atoms with van der Waals surface area (Å²) in [4.78, 5) is 0. The minimum atomic E-state index is 0. The van der Waals surface area contributed by atoms with Crippen molar-refractivity contribution in [3.8, 4) is 0 Å². The lowest BCUT2D eigenvalue weighted by Crippen LogP contribution is -2.02. The number of halogens is 1. The van der Waals surface area contributed by atoms with Crippen LogP contribution in [0.25, 0.3) is 0 Å². The van der Waals surface area contributed by atoms with Gasteiger partial charge in [0.2, 0.25) is 0 Å². The highest BCUT2D eigenvalue weighted by Crippen LogP contribution is 2.28. The summed E-state index contributed by atoms with van der Waals surface area (Å²) in [5.41, 5.74) is 0.966. The molecule has 1 heteroatoms. The zero-order valence-electron chi connectivity index (χ0n) is 6.08. The summed E-state index contributed by atoms with van der Waals surface area (Å²) in [5, 5.41) is 0. The number of hydrogen-bond donors (Lipinski definition) is 0. The highest BCUT2D eigenvalue weighted by molar-refractivity contribution is 5.08. The topological polar surface area (TPSA) is 0 Å². The Labute approximate surface area is 63.1 Å². The van der Waals surface area contributed by atoms with Gasteiger partial charge in [0.25, 0.3) is 0 Å². The molecule has 1 atom stereocenters. The molecule has 0 spiro atoms. The van der Waals surface area contributed by atoms with E-state index in [0.717, 1.165) is 12.0 Å². The predicted molar refractivity (Wildman–Crippen MR) is 43.6 cm³/mol. The molecule has 0 bridgehead atoms. The predicted octanol–water partition coefficient (Wildman–Crippen LogP) is 3.69. The molecule has 0 aromatic heterocycles. The standard InChI is InChI=1S/C8H13F.CH4/c1-6-3-4-7(2)8(9)5-6;/h6H,3-5H2,1-2H3;1H4. The van der Waals surface area contributed by atoms with Crippen LogP contribution in [0.15, 0.2) is 11.4 Å². The second-order valence-corrected chi connectivity index (χ2v) is 3.03. The van der Waals surface area contributed by atoms with Gasteiger partial charge in [0.1, 0.15) is 0 Å². The summed E-state index contributed by atoms with van der Waals surface area (Å²) in [6, 6.07) is 0. The van der Waals surface area contributed by atoms with Crippen molar-refractivity contribution >= 4 is 0 Å². The molecular weight excluding hydrogens is 127 g/mol. The molecule has 0 amide bonds. The molecule has 10 heavy (non-hydrogen) atoms. The van der Waals surface area contributed by atoms with Gasteiger partial charge >= 0.3 is 0 Å². The average Bonchev–Trinajstić information content (AvgIpc) is 1.80. The first-order valence-corrected chi connectivity index (χ1v) is 3.54. The van der Waals surface area contributed by atoms with Crippen LogP contribution in [0.1, 0.15) is 40.5 Å². The van der Waals surface area contributed by atoms with Gasteiger partial charge in [0.05, 0.1) is 5.83 Å². The fraction of sp³-hybridized carbons (Fsp3) is 0.778. The third kappa shape index (κ3) is 2.13. The summed E-state index contributed by atoms with van der Waals surface area (Å²) in [5.74, 6) is 0.697. The average molecular weight is 144 g/mol. The largest absolute Gasteiger partial charge is 0.212 e. The molecule has 1 rings (SSSR count). The van der Waals surface area contributed by atoms with Crippen molar-refractivity contribution in [1.29, 1.82) is 0 Å². The first kappa shape index (κ1) is 9.67. The van der Waals surface area contributed by atoms with Crippen molar-refractivity contribution in [3.63, 3.8) is 0 Å². The summed E-state index contributed by atoms with van der Waals surface area (Å²) < 4.78 is 12.7. The molecule has 0 aliphatic heterocycles. The molecule has 0 saturated carbocycles. The quantitative estimate of drug-likeness (QED) is 0.486. The van der Waals surface area contributed by atoms with Crippen LogP contribution in [-0.4, -0.2) is 0 Å². The lowest BCUT2D eigenvalue weighted by molar-refractivity contribution is 0.422. The monoisotopic (exact) mass is 144 g/mol. The molecule has 0 fully saturated rings. The Morgan fingerprint density at radius 2 is 2.10 bits per heavy atom. The van der Waals surface area contributed by atoms with E-state index < -0.39 is 0 Å². The van der Waals surface area contributed by atoms with Gasteiger partial charge in [-0.05, 0) is 31.3 Å². The molecule has 1 aliphatic rings. The normalized spacial score (nSPS) is 26.1. The third-order valence-corrected chi connectivity index (χ3v) is 2.00. The van der Waals surface area contributed by atoms with Gasteiger partial charge in [0, 0.05) is 6.42 Å². The van der Waals surface area contributed by atoms with Crippen molar-refractivity contribution < 1.29 is 4.39 Å². The highest BCUT2D eigenvalue weighted by atomic mass is 19.1. The van der Waals surface area contributed by atoms with Crippen LogP contribution in [0.4, 0.5) is 4.39 Å². The maximum atomic E-state index is 12.7. The van der Waals surface area contributed by atoms with Crippen LogP contribution in [0.3, 0.4) is 0 Å². The minimum Gasteiger partial charge on any atom is -0.212 e. The van der Waals surface area contributed by atoms with Gasteiger partial charge in [-0.15, -0.1) is 0 Å². The SMILES string of the molecule is C.CC1=C(F)CC(C)CC1. The first-order valence-electron chi connectivity index (χ1n) is 3.54. The van der Waals surface area contributed by atoms with Crippen LogP contribution in [0.2, 0.25) is 0 Å². The Morgan fingerprint density at radius 3 is 2.50 bits per heavy atom. The lowest BCUT2D eigenvalue weighted by atomic mass is 9.91. The Bertz CT molecular complexity index is 136. The number of allylic oxidation sites excluding steroid dienone is 2. The fourth-order valence-electron chi connectivity index (χ4n) is 1.18. The molecule has 0 aromatic rings. The van der Waals surface area contributed by atoms with Crippen molar-refractivity contribution in [2.75, 3.05) is 0 Å². The Kier molecular flexibility index (Phi) is 3.62. The van der Waals surface area contributed by atoms with Gasteiger partial charge in [-0.1, -0.05) is 14.4 Å².